The fraction of sp³-hybridized carbons (Fsp3) is 0.472. The van der Waals surface area contributed by atoms with E-state index in [9.17, 15) is 34.2 Å². The van der Waals surface area contributed by atoms with E-state index >= 15 is 0 Å². The smallest absolute Gasteiger partial charge is 0.328 e. The molecular weight excluding hydrogens is 644 g/mol. The molecule has 0 radical (unpaired) electrons. The molecule has 0 fully saturated rings. The minimum atomic E-state index is -1.45. The number of aromatic amines is 1. The molecule has 0 saturated heterocycles. The number of carbonyl (C=O) groups excluding carboxylic acids is 5. The molecule has 4 amide bonds. The van der Waals surface area contributed by atoms with E-state index in [0.29, 0.717) is 12.0 Å². The standard InChI is InChI=1S/C36H50N6O8/c1-20(2)14-28(33(46)41-30(15-21(3)4)36(49)50-5)39-34(47)29(16-22-10-12-24(44)13-11-22)40-35(48)31(19-43)42-32(45)26(37)17-23-18-38-27-9-7-6-8-25(23)27/h6-13,18,20-21,26,28-31,38,43-44H,14-17,19,37H2,1-5H3,(H,39,47)(H,40,48)(H,41,46)(H,42,45)/t26-,28+,29-,30-,31-/m0/s1. The number of fused-ring (bicyclic) bond motifs is 1. The molecule has 2 aromatic carbocycles. The quantitative estimate of drug-likeness (QED) is 0.0894. The van der Waals surface area contributed by atoms with Gasteiger partial charge in [-0.25, -0.2) is 4.79 Å². The first-order valence-electron chi connectivity index (χ1n) is 16.7. The van der Waals surface area contributed by atoms with Gasteiger partial charge in [-0.05, 0) is 60.4 Å². The number of hydrogen-bond acceptors (Lipinski definition) is 9. The Kier molecular flexibility index (Phi) is 14.8. The molecule has 50 heavy (non-hydrogen) atoms. The monoisotopic (exact) mass is 694 g/mol. The van der Waals surface area contributed by atoms with Gasteiger partial charge in [0.2, 0.25) is 23.6 Å². The van der Waals surface area contributed by atoms with Crippen molar-refractivity contribution in [1.29, 1.82) is 0 Å². The Morgan fingerprint density at radius 3 is 1.90 bits per heavy atom. The Bertz CT molecular complexity index is 1610. The van der Waals surface area contributed by atoms with E-state index in [1.165, 1.54) is 19.2 Å². The Morgan fingerprint density at radius 1 is 0.740 bits per heavy atom. The fourth-order valence-corrected chi connectivity index (χ4v) is 5.53. The van der Waals surface area contributed by atoms with Crippen LogP contribution in [0.2, 0.25) is 0 Å². The molecule has 272 valence electrons. The summed E-state index contributed by atoms with van der Waals surface area (Å²) in [6.07, 6.45) is 2.40. The summed E-state index contributed by atoms with van der Waals surface area (Å²) in [5.74, 6) is -3.44. The largest absolute Gasteiger partial charge is 0.508 e. The second kappa shape index (κ2) is 18.7. The third-order valence-corrected chi connectivity index (χ3v) is 8.13. The van der Waals surface area contributed by atoms with Crippen molar-refractivity contribution in [3.8, 4) is 5.75 Å². The molecule has 0 aliphatic carbocycles. The van der Waals surface area contributed by atoms with Gasteiger partial charge in [-0.1, -0.05) is 58.0 Å². The lowest BCUT2D eigenvalue weighted by Crippen LogP contribution is -2.59. The third-order valence-electron chi connectivity index (χ3n) is 8.13. The number of amides is 4. The predicted molar refractivity (Wildman–Crippen MR) is 188 cm³/mol. The van der Waals surface area contributed by atoms with Crippen molar-refractivity contribution in [2.45, 2.75) is 83.6 Å². The molecule has 14 nitrogen and oxygen atoms in total. The number of phenolic OH excluding ortho intramolecular Hbond substituents is 1. The van der Waals surface area contributed by atoms with E-state index in [0.717, 1.165) is 16.5 Å². The van der Waals surface area contributed by atoms with Gasteiger partial charge in [0.1, 0.15) is 29.9 Å². The fourth-order valence-electron chi connectivity index (χ4n) is 5.53. The summed E-state index contributed by atoms with van der Waals surface area (Å²) in [5, 5.41) is 31.2. The van der Waals surface area contributed by atoms with Gasteiger partial charge < -0.3 is 46.9 Å². The summed E-state index contributed by atoms with van der Waals surface area (Å²) in [7, 11) is 1.23. The van der Waals surface area contributed by atoms with E-state index in [2.05, 4.69) is 26.3 Å². The topological polar surface area (TPSA) is 225 Å². The zero-order chi connectivity index (χ0) is 37.0. The first-order valence-corrected chi connectivity index (χ1v) is 16.7. The van der Waals surface area contributed by atoms with Crippen LogP contribution in [0.1, 0.15) is 51.7 Å². The number of hydrogen-bond donors (Lipinski definition) is 8. The molecule has 0 aliphatic rings. The predicted octanol–water partition coefficient (Wildman–Crippen LogP) is 1.18. The number of esters is 1. The summed E-state index contributed by atoms with van der Waals surface area (Å²) in [6, 6.07) is 7.76. The number of rotatable bonds is 18. The molecule has 0 spiro atoms. The van der Waals surface area contributed by atoms with Gasteiger partial charge in [0.25, 0.3) is 0 Å². The van der Waals surface area contributed by atoms with Crippen molar-refractivity contribution in [1.82, 2.24) is 26.3 Å². The zero-order valence-electron chi connectivity index (χ0n) is 29.2. The van der Waals surface area contributed by atoms with Crippen LogP contribution in [0.5, 0.6) is 5.75 Å². The van der Waals surface area contributed by atoms with Crippen molar-refractivity contribution >= 4 is 40.5 Å². The van der Waals surface area contributed by atoms with E-state index in [4.69, 9.17) is 10.5 Å². The Hall–Kier alpha value is -4.95. The highest BCUT2D eigenvalue weighted by Crippen LogP contribution is 2.19. The SMILES string of the molecule is COC(=O)[C@H](CC(C)C)NC(=O)[C@@H](CC(C)C)NC(=O)[C@H](Cc1ccc(O)cc1)NC(=O)[C@H](CO)NC(=O)[C@@H](N)Cc1c[nH]c2ccccc12. The molecular formula is C36H50N6O8. The molecule has 5 atom stereocenters. The number of nitrogens with two attached hydrogens (primary N) is 1. The number of para-hydroxylation sites is 1. The minimum Gasteiger partial charge on any atom is -0.508 e. The highest BCUT2D eigenvalue weighted by atomic mass is 16.5. The minimum absolute atomic E-state index is 0.000968. The Labute approximate surface area is 291 Å². The van der Waals surface area contributed by atoms with Crippen LogP contribution in [0.4, 0.5) is 0 Å². The van der Waals surface area contributed by atoms with E-state index < -0.39 is 66.4 Å². The summed E-state index contributed by atoms with van der Waals surface area (Å²) in [4.78, 5) is 69.3. The van der Waals surface area contributed by atoms with Gasteiger partial charge in [-0.2, -0.15) is 0 Å². The van der Waals surface area contributed by atoms with Gasteiger partial charge in [-0.15, -0.1) is 0 Å². The average Bonchev–Trinajstić information content (AvgIpc) is 3.48. The van der Waals surface area contributed by atoms with Crippen molar-refractivity contribution < 1.29 is 38.9 Å². The highest BCUT2D eigenvalue weighted by Gasteiger charge is 2.32. The maximum Gasteiger partial charge on any atom is 0.328 e. The molecule has 0 saturated carbocycles. The van der Waals surface area contributed by atoms with E-state index in [1.54, 1.807) is 18.3 Å². The number of ether oxygens (including phenoxy) is 1. The maximum absolute atomic E-state index is 13.8. The molecule has 1 heterocycles. The molecule has 1 aromatic heterocycles. The van der Waals surface area contributed by atoms with Crippen molar-refractivity contribution in [3.63, 3.8) is 0 Å². The van der Waals surface area contributed by atoms with Crippen molar-refractivity contribution in [2.75, 3.05) is 13.7 Å². The van der Waals surface area contributed by atoms with Gasteiger partial charge in [0.15, 0.2) is 0 Å². The number of nitrogens with one attached hydrogen (secondary N) is 5. The highest BCUT2D eigenvalue weighted by molar-refractivity contribution is 5.96. The van der Waals surface area contributed by atoms with Crippen LogP contribution in [0.3, 0.4) is 0 Å². The number of phenols is 1. The Balaban J connectivity index is 1.77. The van der Waals surface area contributed by atoms with Crippen LogP contribution in [0.15, 0.2) is 54.7 Å². The lowest BCUT2D eigenvalue weighted by Gasteiger charge is -2.27. The van der Waals surface area contributed by atoms with Gasteiger partial charge >= 0.3 is 5.97 Å². The first-order chi connectivity index (χ1) is 23.7. The van der Waals surface area contributed by atoms with E-state index in [1.807, 2.05) is 52.0 Å². The third kappa shape index (κ3) is 11.6. The summed E-state index contributed by atoms with van der Waals surface area (Å²) >= 11 is 0. The number of methoxy groups -OCH3 is 1. The second-order valence-corrected chi connectivity index (χ2v) is 13.3. The number of aromatic hydroxyl groups is 1. The van der Waals surface area contributed by atoms with Crippen LogP contribution in [-0.2, 0) is 41.6 Å². The molecule has 0 aliphatic heterocycles. The second-order valence-electron chi connectivity index (χ2n) is 13.3. The number of H-pyrrole nitrogens is 1. The van der Waals surface area contributed by atoms with Gasteiger partial charge in [0, 0.05) is 23.5 Å². The van der Waals surface area contributed by atoms with Crippen LogP contribution in [-0.4, -0.2) is 88.7 Å². The molecule has 14 heteroatoms. The van der Waals surface area contributed by atoms with Gasteiger partial charge in [0.05, 0.1) is 19.8 Å². The Morgan fingerprint density at radius 2 is 1.28 bits per heavy atom. The normalized spacial score (nSPS) is 14.3. The van der Waals surface area contributed by atoms with Crippen LogP contribution in [0.25, 0.3) is 10.9 Å². The number of aliphatic hydroxyl groups is 1. The molecule has 3 rings (SSSR count). The molecule has 0 unspecified atom stereocenters. The molecule has 3 aromatic rings. The number of benzene rings is 2. The van der Waals surface area contributed by atoms with Crippen LogP contribution < -0.4 is 27.0 Å². The van der Waals surface area contributed by atoms with Crippen LogP contribution in [0, 0.1) is 11.8 Å². The van der Waals surface area contributed by atoms with Gasteiger partial charge in [-0.3, -0.25) is 19.2 Å². The summed E-state index contributed by atoms with van der Waals surface area (Å²) in [5.41, 5.74) is 8.45. The maximum atomic E-state index is 13.8. The summed E-state index contributed by atoms with van der Waals surface area (Å²) in [6.45, 7) is 6.74. The summed E-state index contributed by atoms with van der Waals surface area (Å²) < 4.78 is 4.86. The van der Waals surface area contributed by atoms with Crippen molar-refractivity contribution in [2.24, 2.45) is 17.6 Å². The lowest BCUT2D eigenvalue weighted by molar-refractivity contribution is -0.146. The molecule has 9 N–H and O–H groups in total. The average molecular weight is 695 g/mol. The first kappa shape index (κ1) is 39.5. The molecule has 0 bridgehead atoms. The number of aliphatic hydroxyl groups excluding tert-OH is 1. The van der Waals surface area contributed by atoms with Crippen molar-refractivity contribution in [3.05, 3.63) is 65.9 Å². The lowest BCUT2D eigenvalue weighted by atomic mass is 9.99. The number of carbonyl (C=O) groups is 5. The van der Waals surface area contributed by atoms with E-state index in [-0.39, 0.29) is 36.8 Å². The zero-order valence-corrected chi connectivity index (χ0v) is 29.2. The number of aromatic nitrogens is 1. The van der Waals surface area contributed by atoms with Crippen LogP contribution >= 0.6 is 0 Å².